The van der Waals surface area contributed by atoms with Gasteiger partial charge in [0.2, 0.25) is 5.91 Å². The van der Waals surface area contributed by atoms with Crippen LogP contribution in [0.25, 0.3) is 0 Å². The Morgan fingerprint density at radius 2 is 1.50 bits per heavy atom. The molecule has 38 heavy (non-hydrogen) atoms. The topological polar surface area (TPSA) is 88.6 Å². The molecule has 10 heteroatoms. The molecule has 1 saturated heterocycles. The Kier molecular flexibility index (Phi) is 8.31. The van der Waals surface area contributed by atoms with Gasteiger partial charge in [-0.15, -0.1) is 0 Å². The van der Waals surface area contributed by atoms with Crippen molar-refractivity contribution in [3.8, 4) is 17.2 Å². The van der Waals surface area contributed by atoms with Crippen LogP contribution in [0.5, 0.6) is 17.2 Å². The number of hydrogen-bond donors (Lipinski definition) is 0. The summed E-state index contributed by atoms with van der Waals surface area (Å²) in [4.78, 5) is 17.5. The van der Waals surface area contributed by atoms with Crippen LogP contribution < -0.4 is 23.4 Å². The van der Waals surface area contributed by atoms with Gasteiger partial charge in [-0.2, -0.15) is 0 Å². The van der Waals surface area contributed by atoms with Gasteiger partial charge in [-0.25, -0.2) is 8.42 Å². The lowest BCUT2D eigenvalue weighted by Crippen LogP contribution is -2.52. The van der Waals surface area contributed by atoms with Crippen molar-refractivity contribution >= 4 is 27.3 Å². The quantitative estimate of drug-likeness (QED) is 0.411. The van der Waals surface area contributed by atoms with Crippen LogP contribution in [-0.2, 0) is 14.8 Å². The predicted molar refractivity (Wildman–Crippen MR) is 147 cm³/mol. The molecule has 1 fully saturated rings. The minimum atomic E-state index is -4.08. The Balaban J connectivity index is 1.60. The molecular formula is C28H33N3O6S. The number of rotatable bonds is 9. The van der Waals surface area contributed by atoms with Gasteiger partial charge in [0.05, 0.1) is 37.6 Å². The van der Waals surface area contributed by atoms with E-state index in [-0.39, 0.29) is 28.8 Å². The van der Waals surface area contributed by atoms with Gasteiger partial charge in [-0.05, 0) is 43.3 Å². The molecule has 0 bridgehead atoms. The van der Waals surface area contributed by atoms with Gasteiger partial charge in [0.15, 0.2) is 0 Å². The number of hydrogen-bond acceptors (Lipinski definition) is 7. The smallest absolute Gasteiger partial charge is 0.264 e. The fourth-order valence-corrected chi connectivity index (χ4v) is 5.86. The number of benzene rings is 3. The van der Waals surface area contributed by atoms with Gasteiger partial charge in [-0.3, -0.25) is 9.10 Å². The van der Waals surface area contributed by atoms with Crippen LogP contribution >= 0.6 is 0 Å². The van der Waals surface area contributed by atoms with E-state index in [1.165, 1.54) is 14.2 Å². The first kappa shape index (κ1) is 27.1. The van der Waals surface area contributed by atoms with Crippen LogP contribution in [0.4, 0.5) is 11.4 Å². The summed E-state index contributed by atoms with van der Waals surface area (Å²) in [6.45, 7) is 3.62. The lowest BCUT2D eigenvalue weighted by molar-refractivity contribution is -0.129. The van der Waals surface area contributed by atoms with Crippen molar-refractivity contribution in [2.75, 3.05) is 63.3 Å². The third kappa shape index (κ3) is 5.65. The Bertz CT molecular complexity index is 1370. The van der Waals surface area contributed by atoms with Crippen LogP contribution in [-0.4, -0.2) is 73.3 Å². The third-order valence-corrected chi connectivity index (χ3v) is 8.38. The number of carbonyl (C=O) groups is 1. The number of amides is 1. The van der Waals surface area contributed by atoms with E-state index in [2.05, 4.69) is 4.90 Å². The first-order valence-electron chi connectivity index (χ1n) is 12.3. The summed E-state index contributed by atoms with van der Waals surface area (Å²) < 4.78 is 45.1. The molecule has 3 aromatic rings. The molecule has 0 radical (unpaired) electrons. The summed E-state index contributed by atoms with van der Waals surface area (Å²) in [5.41, 5.74) is 2.16. The summed E-state index contributed by atoms with van der Waals surface area (Å²) in [6, 6.07) is 19.2. The van der Waals surface area contributed by atoms with Crippen LogP contribution in [0, 0.1) is 6.92 Å². The molecule has 0 saturated carbocycles. The molecule has 1 amide bonds. The third-order valence-electron chi connectivity index (χ3n) is 6.60. The Morgan fingerprint density at radius 3 is 2.13 bits per heavy atom. The van der Waals surface area contributed by atoms with Crippen LogP contribution in [0.15, 0.2) is 71.6 Å². The van der Waals surface area contributed by atoms with Crippen LogP contribution in [0.3, 0.4) is 0 Å². The molecular weight excluding hydrogens is 506 g/mol. The average Bonchev–Trinajstić information content (AvgIpc) is 2.95. The first-order chi connectivity index (χ1) is 18.3. The molecule has 1 aliphatic rings. The second-order valence-corrected chi connectivity index (χ2v) is 10.8. The summed E-state index contributed by atoms with van der Waals surface area (Å²) in [5, 5.41) is 0. The fourth-order valence-electron chi connectivity index (χ4n) is 4.44. The lowest BCUT2D eigenvalue weighted by atomic mass is 10.2. The van der Waals surface area contributed by atoms with Crippen molar-refractivity contribution in [3.63, 3.8) is 0 Å². The van der Waals surface area contributed by atoms with Crippen LogP contribution in [0.1, 0.15) is 5.56 Å². The van der Waals surface area contributed by atoms with E-state index in [9.17, 15) is 13.2 Å². The molecule has 202 valence electrons. The van der Waals surface area contributed by atoms with Crippen molar-refractivity contribution in [1.29, 1.82) is 0 Å². The number of piperazine rings is 1. The van der Waals surface area contributed by atoms with Gasteiger partial charge in [0.25, 0.3) is 10.0 Å². The summed E-state index contributed by atoms with van der Waals surface area (Å²) >= 11 is 0. The van der Waals surface area contributed by atoms with Crippen LogP contribution in [0.2, 0.25) is 0 Å². The summed E-state index contributed by atoms with van der Waals surface area (Å²) in [7, 11) is 0.522. The fraction of sp³-hybridized carbons (Fsp3) is 0.321. The highest BCUT2D eigenvalue weighted by molar-refractivity contribution is 7.92. The summed E-state index contributed by atoms with van der Waals surface area (Å²) in [6.07, 6.45) is 0. The molecule has 0 spiro atoms. The SMILES string of the molecule is COc1ccc(N(CC(=O)N2CCN(c3ccccc3OC)CC2)S(=O)(=O)c2ccc(C)cc2)c(OC)c1. The maximum Gasteiger partial charge on any atom is 0.264 e. The monoisotopic (exact) mass is 539 g/mol. The van der Waals surface area contributed by atoms with Crippen molar-refractivity contribution < 1.29 is 27.4 Å². The zero-order valence-corrected chi connectivity index (χ0v) is 22.9. The number of methoxy groups -OCH3 is 3. The zero-order chi connectivity index (χ0) is 27.3. The minimum absolute atomic E-state index is 0.0924. The number of aryl methyl sites for hydroxylation is 1. The lowest BCUT2D eigenvalue weighted by Gasteiger charge is -2.37. The number of para-hydroxylation sites is 2. The van der Waals surface area contributed by atoms with E-state index in [1.807, 2.05) is 31.2 Å². The Hall–Kier alpha value is -3.92. The Labute approximate surface area is 224 Å². The highest BCUT2D eigenvalue weighted by Gasteiger charge is 2.32. The first-order valence-corrected chi connectivity index (χ1v) is 13.7. The van der Waals surface area contributed by atoms with Crippen molar-refractivity contribution in [1.82, 2.24) is 4.90 Å². The molecule has 0 aromatic heterocycles. The maximum absolute atomic E-state index is 13.8. The van der Waals surface area contributed by atoms with Crippen molar-refractivity contribution in [2.24, 2.45) is 0 Å². The van der Waals surface area contributed by atoms with Gasteiger partial charge in [0, 0.05) is 32.2 Å². The van der Waals surface area contributed by atoms with Gasteiger partial charge >= 0.3 is 0 Å². The maximum atomic E-state index is 13.8. The molecule has 0 atom stereocenters. The predicted octanol–water partition coefficient (Wildman–Crippen LogP) is 3.56. The van der Waals surface area contributed by atoms with E-state index in [0.29, 0.717) is 31.9 Å². The summed E-state index contributed by atoms with van der Waals surface area (Å²) in [5.74, 6) is 1.28. The molecule has 9 nitrogen and oxygen atoms in total. The largest absolute Gasteiger partial charge is 0.497 e. The zero-order valence-electron chi connectivity index (χ0n) is 22.1. The van der Waals surface area contributed by atoms with E-state index < -0.39 is 10.0 Å². The second kappa shape index (κ2) is 11.6. The number of sulfonamides is 1. The standard InChI is InChI=1S/C28H33N3O6S/c1-21-9-12-23(13-10-21)38(33,34)31(25-14-11-22(35-2)19-27(25)37-4)20-28(32)30-17-15-29(16-18-30)24-7-5-6-8-26(24)36-3/h5-14,19H,15-18,20H2,1-4H3. The number of ether oxygens (including phenoxy) is 3. The van der Waals surface area contributed by atoms with Crippen molar-refractivity contribution in [3.05, 3.63) is 72.3 Å². The second-order valence-electron chi connectivity index (χ2n) is 8.90. The normalized spacial score (nSPS) is 13.7. The molecule has 4 rings (SSSR count). The van der Waals surface area contributed by atoms with E-state index in [4.69, 9.17) is 14.2 Å². The molecule has 0 aliphatic carbocycles. The highest BCUT2D eigenvalue weighted by atomic mass is 32.2. The van der Waals surface area contributed by atoms with Gasteiger partial charge in [0.1, 0.15) is 23.8 Å². The number of anilines is 2. The number of nitrogens with zero attached hydrogens (tertiary/aromatic N) is 3. The van der Waals surface area contributed by atoms with E-state index in [1.54, 1.807) is 54.5 Å². The highest BCUT2D eigenvalue weighted by Crippen LogP contribution is 2.36. The van der Waals surface area contributed by atoms with Crippen molar-refractivity contribution in [2.45, 2.75) is 11.8 Å². The average molecular weight is 540 g/mol. The number of carbonyl (C=O) groups excluding carboxylic acids is 1. The van der Waals surface area contributed by atoms with E-state index in [0.717, 1.165) is 21.3 Å². The van der Waals surface area contributed by atoms with Gasteiger partial charge < -0.3 is 24.0 Å². The van der Waals surface area contributed by atoms with Gasteiger partial charge in [-0.1, -0.05) is 29.8 Å². The molecule has 0 unspecified atom stereocenters. The molecule has 0 N–H and O–H groups in total. The minimum Gasteiger partial charge on any atom is -0.497 e. The Morgan fingerprint density at radius 1 is 0.842 bits per heavy atom. The molecule has 1 heterocycles. The molecule has 3 aromatic carbocycles. The van der Waals surface area contributed by atoms with E-state index >= 15 is 0 Å². The molecule has 1 aliphatic heterocycles.